The molecule has 1 aliphatic heterocycles. The zero-order valence-electron chi connectivity index (χ0n) is 19.7. The number of rotatable bonds is 4. The van der Waals surface area contributed by atoms with Crippen LogP contribution in [0.5, 0.6) is 11.5 Å². The zero-order valence-corrected chi connectivity index (χ0v) is 19.7. The average molecular weight is 444 g/mol. The number of para-hydroxylation sites is 1. The second-order valence-corrected chi connectivity index (χ2v) is 9.60. The number of allylic oxidation sites excluding steroid dienone is 2. The Morgan fingerprint density at radius 1 is 1.03 bits per heavy atom. The number of carbonyl (C=O) groups is 1. The Kier molecular flexibility index (Phi) is 5.04. The lowest BCUT2D eigenvalue weighted by Crippen LogP contribution is -2.34. The van der Waals surface area contributed by atoms with Crippen molar-refractivity contribution >= 4 is 11.6 Å². The van der Waals surface area contributed by atoms with Crippen LogP contribution in [0.3, 0.4) is 0 Å². The van der Waals surface area contributed by atoms with E-state index in [1.165, 1.54) is 0 Å². The average Bonchev–Trinajstić information content (AvgIpc) is 3.13. The number of carbonyl (C=O) groups excluding carboxylic acids is 1. The Balaban J connectivity index is 1.76. The van der Waals surface area contributed by atoms with Gasteiger partial charge in [-0.3, -0.25) is 4.79 Å². The van der Waals surface area contributed by atoms with E-state index < -0.39 is 0 Å². The molecule has 2 aromatic carbocycles. The Morgan fingerprint density at radius 2 is 1.76 bits per heavy atom. The fourth-order valence-electron chi connectivity index (χ4n) is 5.20. The number of nitrogens with one attached hydrogen (secondary N) is 1. The maximum Gasteiger partial charge on any atom is 0.162 e. The molecule has 0 radical (unpaired) electrons. The highest BCUT2D eigenvalue weighted by Crippen LogP contribution is 2.51. The number of anilines is 1. The number of aryl methyl sites for hydroxylation is 1. The topological polar surface area (TPSA) is 65.4 Å². The van der Waals surface area contributed by atoms with Crippen LogP contribution in [0.4, 0.5) is 5.82 Å². The number of hydrogen-bond donors (Lipinski definition) is 1. The van der Waals surface area contributed by atoms with Gasteiger partial charge in [0.1, 0.15) is 5.82 Å². The van der Waals surface area contributed by atoms with Gasteiger partial charge in [-0.05, 0) is 48.6 Å². The summed E-state index contributed by atoms with van der Waals surface area (Å²) in [5.74, 6) is 2.19. The van der Waals surface area contributed by atoms with Crippen LogP contribution >= 0.6 is 0 Å². The summed E-state index contributed by atoms with van der Waals surface area (Å²) in [6.45, 7) is 6.31. The fourth-order valence-corrected chi connectivity index (χ4v) is 5.20. The van der Waals surface area contributed by atoms with E-state index in [4.69, 9.17) is 14.6 Å². The van der Waals surface area contributed by atoms with E-state index in [1.807, 2.05) is 60.1 Å². The Bertz CT molecular complexity index is 1270. The Morgan fingerprint density at radius 3 is 2.45 bits per heavy atom. The summed E-state index contributed by atoms with van der Waals surface area (Å²) in [5, 5.41) is 8.52. The van der Waals surface area contributed by atoms with Gasteiger partial charge in [0.2, 0.25) is 0 Å². The molecule has 3 aromatic rings. The quantitative estimate of drug-likeness (QED) is 0.585. The van der Waals surface area contributed by atoms with E-state index >= 15 is 0 Å². The van der Waals surface area contributed by atoms with Crippen molar-refractivity contribution in [3.8, 4) is 17.2 Å². The lowest BCUT2D eigenvalue weighted by molar-refractivity contribution is -0.118. The van der Waals surface area contributed by atoms with Crippen LogP contribution in [0.25, 0.3) is 5.69 Å². The molecule has 0 unspecified atom stereocenters. The minimum Gasteiger partial charge on any atom is -0.493 e. The molecule has 0 fully saturated rings. The molecule has 33 heavy (non-hydrogen) atoms. The highest BCUT2D eigenvalue weighted by atomic mass is 16.5. The first-order valence-electron chi connectivity index (χ1n) is 11.2. The van der Waals surface area contributed by atoms with Gasteiger partial charge >= 0.3 is 0 Å². The van der Waals surface area contributed by atoms with E-state index in [-0.39, 0.29) is 17.1 Å². The molecule has 1 aromatic heterocycles. The van der Waals surface area contributed by atoms with Crippen LogP contribution in [-0.2, 0) is 4.79 Å². The van der Waals surface area contributed by atoms with E-state index in [2.05, 4.69) is 19.2 Å². The van der Waals surface area contributed by atoms with Crippen molar-refractivity contribution in [2.75, 3.05) is 19.5 Å². The number of hydrogen-bond acceptors (Lipinski definition) is 5. The molecule has 0 saturated heterocycles. The highest BCUT2D eigenvalue weighted by Gasteiger charge is 2.43. The minimum atomic E-state index is -0.225. The van der Waals surface area contributed by atoms with Crippen molar-refractivity contribution in [3.63, 3.8) is 0 Å². The van der Waals surface area contributed by atoms with Crippen molar-refractivity contribution in [3.05, 3.63) is 76.6 Å². The first-order chi connectivity index (χ1) is 15.8. The molecule has 1 N–H and O–H groups in total. The van der Waals surface area contributed by atoms with Crippen molar-refractivity contribution in [1.29, 1.82) is 0 Å². The first kappa shape index (κ1) is 21.3. The summed E-state index contributed by atoms with van der Waals surface area (Å²) < 4.78 is 13.0. The molecule has 6 heteroatoms. The molecule has 5 rings (SSSR count). The molecule has 170 valence electrons. The predicted octanol–water partition coefficient (Wildman–Crippen LogP) is 5.40. The summed E-state index contributed by atoms with van der Waals surface area (Å²) >= 11 is 0. The second kappa shape index (κ2) is 7.80. The van der Waals surface area contributed by atoms with E-state index in [0.29, 0.717) is 17.9 Å². The van der Waals surface area contributed by atoms with Crippen molar-refractivity contribution in [2.45, 2.75) is 39.5 Å². The van der Waals surface area contributed by atoms with Crippen LogP contribution in [0.15, 0.2) is 59.8 Å². The second-order valence-electron chi connectivity index (χ2n) is 9.60. The van der Waals surface area contributed by atoms with E-state index in [9.17, 15) is 4.79 Å². The van der Waals surface area contributed by atoms with Crippen molar-refractivity contribution < 1.29 is 14.3 Å². The van der Waals surface area contributed by atoms with Gasteiger partial charge in [-0.1, -0.05) is 38.1 Å². The molecule has 0 saturated carbocycles. The van der Waals surface area contributed by atoms with Gasteiger partial charge in [0.05, 0.1) is 25.6 Å². The van der Waals surface area contributed by atoms with Gasteiger partial charge < -0.3 is 14.8 Å². The van der Waals surface area contributed by atoms with Gasteiger partial charge in [0, 0.05) is 29.2 Å². The van der Waals surface area contributed by atoms with E-state index in [0.717, 1.165) is 46.0 Å². The molecule has 1 aliphatic carbocycles. The number of nitrogens with zero attached hydrogens (tertiary/aromatic N) is 2. The largest absolute Gasteiger partial charge is 0.493 e. The number of aromatic nitrogens is 2. The number of methoxy groups -OCH3 is 2. The van der Waals surface area contributed by atoms with Crippen LogP contribution < -0.4 is 14.8 Å². The third-order valence-electron chi connectivity index (χ3n) is 6.62. The number of Topliss-reactive ketones (excluding diaryl/α,β-unsaturated/α-hetero) is 1. The van der Waals surface area contributed by atoms with Crippen LogP contribution in [0.1, 0.15) is 49.4 Å². The number of ether oxygens (including phenoxy) is 2. The monoisotopic (exact) mass is 443 g/mol. The Hall–Kier alpha value is -3.54. The van der Waals surface area contributed by atoms with Crippen molar-refractivity contribution in [1.82, 2.24) is 9.78 Å². The standard InChI is InChI=1S/C27H29N3O3/c1-16-23-24(17-11-12-21(32-4)22(13-17)33-5)25-19(14-27(2,3)15-20(25)31)28-26(23)30(29-16)18-9-7-6-8-10-18/h6-13,24,28H,14-15H2,1-5H3/t24-/m0/s1. The highest BCUT2D eigenvalue weighted by molar-refractivity contribution is 6.01. The predicted molar refractivity (Wildman–Crippen MR) is 128 cm³/mol. The van der Waals surface area contributed by atoms with Gasteiger partial charge in [0.25, 0.3) is 0 Å². The van der Waals surface area contributed by atoms with Crippen LogP contribution in [0.2, 0.25) is 0 Å². The maximum absolute atomic E-state index is 13.5. The summed E-state index contributed by atoms with van der Waals surface area (Å²) in [7, 11) is 3.26. The molecule has 0 spiro atoms. The van der Waals surface area contributed by atoms with Crippen molar-refractivity contribution in [2.24, 2.45) is 5.41 Å². The van der Waals surface area contributed by atoms with Gasteiger partial charge in [-0.15, -0.1) is 0 Å². The van der Waals surface area contributed by atoms with Gasteiger partial charge in [-0.2, -0.15) is 5.10 Å². The van der Waals surface area contributed by atoms with Gasteiger partial charge in [0.15, 0.2) is 17.3 Å². The molecule has 0 amide bonds. The lowest BCUT2D eigenvalue weighted by Gasteiger charge is -2.38. The first-order valence-corrected chi connectivity index (χ1v) is 11.2. The molecule has 6 nitrogen and oxygen atoms in total. The minimum absolute atomic E-state index is 0.102. The van der Waals surface area contributed by atoms with Gasteiger partial charge in [-0.25, -0.2) is 4.68 Å². The zero-order chi connectivity index (χ0) is 23.3. The molecule has 1 atom stereocenters. The molecular formula is C27H29N3O3. The molecule has 2 aliphatic rings. The SMILES string of the molecule is COc1ccc([C@@H]2C3=C(CC(C)(C)CC3=O)Nc3c2c(C)nn3-c2ccccc2)cc1OC. The number of ketones is 1. The number of fused-ring (bicyclic) bond motifs is 1. The third-order valence-corrected chi connectivity index (χ3v) is 6.62. The van der Waals surface area contributed by atoms with Crippen LogP contribution in [-0.4, -0.2) is 29.8 Å². The fraction of sp³-hybridized carbons (Fsp3) is 0.333. The summed E-state index contributed by atoms with van der Waals surface area (Å²) in [4.78, 5) is 13.5. The maximum atomic E-state index is 13.5. The normalized spacial score (nSPS) is 18.9. The Labute approximate surface area is 194 Å². The summed E-state index contributed by atoms with van der Waals surface area (Å²) in [5.41, 5.74) is 5.61. The molecule has 0 bridgehead atoms. The molecule has 2 heterocycles. The van der Waals surface area contributed by atoms with Crippen LogP contribution in [0, 0.1) is 12.3 Å². The smallest absolute Gasteiger partial charge is 0.162 e. The lowest BCUT2D eigenvalue weighted by atomic mass is 9.69. The third kappa shape index (κ3) is 3.50. The van der Waals surface area contributed by atoms with E-state index in [1.54, 1.807) is 14.2 Å². The molecular weight excluding hydrogens is 414 g/mol. The summed E-state index contributed by atoms with van der Waals surface area (Å²) in [6.07, 6.45) is 1.33. The summed E-state index contributed by atoms with van der Waals surface area (Å²) in [6, 6.07) is 16.0. The number of benzene rings is 2.